The maximum atomic E-state index is 4.22. The van der Waals surface area contributed by atoms with E-state index in [0.29, 0.717) is 5.92 Å². The molecule has 0 aromatic carbocycles. The average Bonchev–Trinajstić information content (AvgIpc) is 2.72. The Bertz CT molecular complexity index is 286. The third-order valence-corrected chi connectivity index (χ3v) is 2.85. The van der Waals surface area contributed by atoms with Crippen molar-refractivity contribution < 1.29 is 0 Å². The second-order valence-electron chi connectivity index (χ2n) is 3.67. The fourth-order valence-corrected chi connectivity index (χ4v) is 2.10. The monoisotopic (exact) mass is 180 g/mol. The Balaban J connectivity index is 2.24. The molecular weight excluding hydrogens is 164 g/mol. The number of aromatic nitrogens is 3. The van der Waals surface area contributed by atoms with Crippen molar-refractivity contribution in [2.75, 3.05) is 12.4 Å². The van der Waals surface area contributed by atoms with Crippen LogP contribution in [0.3, 0.4) is 0 Å². The summed E-state index contributed by atoms with van der Waals surface area (Å²) in [4.78, 5) is 0. The van der Waals surface area contributed by atoms with Crippen molar-refractivity contribution in [3.8, 4) is 0 Å². The van der Waals surface area contributed by atoms with Crippen LogP contribution in [0.1, 0.15) is 37.4 Å². The van der Waals surface area contributed by atoms with Crippen molar-refractivity contribution >= 4 is 5.95 Å². The summed E-state index contributed by atoms with van der Waals surface area (Å²) in [5, 5.41) is 11.3. The van der Waals surface area contributed by atoms with Gasteiger partial charge in [-0.2, -0.15) is 0 Å². The molecule has 1 aliphatic carbocycles. The first kappa shape index (κ1) is 8.53. The molecule has 13 heavy (non-hydrogen) atoms. The number of hydrogen-bond acceptors (Lipinski definition) is 3. The molecule has 0 bridgehead atoms. The summed E-state index contributed by atoms with van der Waals surface area (Å²) in [5.74, 6) is 2.64. The molecule has 0 atom stereocenters. The van der Waals surface area contributed by atoms with Crippen LogP contribution < -0.4 is 5.32 Å². The van der Waals surface area contributed by atoms with Crippen LogP contribution in [0.4, 0.5) is 5.95 Å². The highest BCUT2D eigenvalue weighted by Crippen LogP contribution is 2.33. The van der Waals surface area contributed by atoms with Crippen molar-refractivity contribution in [1.82, 2.24) is 14.8 Å². The van der Waals surface area contributed by atoms with Crippen LogP contribution in [-0.2, 0) is 7.05 Å². The molecule has 4 heteroatoms. The van der Waals surface area contributed by atoms with Gasteiger partial charge < -0.3 is 9.88 Å². The van der Waals surface area contributed by atoms with Gasteiger partial charge in [0.05, 0.1) is 0 Å². The largest absolute Gasteiger partial charge is 0.357 e. The number of nitrogens with zero attached hydrogens (tertiary/aromatic N) is 3. The molecule has 1 N–H and O–H groups in total. The molecule has 0 radical (unpaired) electrons. The van der Waals surface area contributed by atoms with Crippen LogP contribution in [0.15, 0.2) is 0 Å². The van der Waals surface area contributed by atoms with Crippen LogP contribution in [0.5, 0.6) is 0 Å². The zero-order valence-electron chi connectivity index (χ0n) is 8.25. The Morgan fingerprint density at radius 3 is 2.54 bits per heavy atom. The van der Waals surface area contributed by atoms with Gasteiger partial charge in [-0.25, -0.2) is 0 Å². The van der Waals surface area contributed by atoms with Crippen molar-refractivity contribution in [1.29, 1.82) is 0 Å². The van der Waals surface area contributed by atoms with Gasteiger partial charge >= 0.3 is 0 Å². The smallest absolute Gasteiger partial charge is 0.224 e. The van der Waals surface area contributed by atoms with E-state index >= 15 is 0 Å². The van der Waals surface area contributed by atoms with Gasteiger partial charge in [0.1, 0.15) is 5.82 Å². The number of nitrogens with one attached hydrogen (secondary N) is 1. The summed E-state index contributed by atoms with van der Waals surface area (Å²) in [6.07, 6.45) is 5.23. The van der Waals surface area contributed by atoms with Crippen molar-refractivity contribution in [3.05, 3.63) is 5.82 Å². The molecule has 0 spiro atoms. The number of anilines is 1. The van der Waals surface area contributed by atoms with Gasteiger partial charge in [0.25, 0.3) is 0 Å². The summed E-state index contributed by atoms with van der Waals surface area (Å²) >= 11 is 0. The Hall–Kier alpha value is -1.06. The maximum absolute atomic E-state index is 4.22. The first-order chi connectivity index (χ1) is 6.33. The molecular formula is C9H16N4. The quantitative estimate of drug-likeness (QED) is 0.750. The Morgan fingerprint density at radius 2 is 2.00 bits per heavy atom. The standard InChI is InChI=1S/C9H16N4/c1-10-9-12-11-8(13(9)2)7-5-3-4-6-7/h7H,3-6H2,1-2H3,(H,10,12). The van der Waals surface area contributed by atoms with Crippen molar-refractivity contribution in [2.24, 2.45) is 7.05 Å². The lowest BCUT2D eigenvalue weighted by atomic mass is 10.1. The molecule has 1 heterocycles. The van der Waals surface area contributed by atoms with Crippen LogP contribution in [0.2, 0.25) is 0 Å². The lowest BCUT2D eigenvalue weighted by molar-refractivity contribution is 0.631. The molecule has 4 nitrogen and oxygen atoms in total. The number of hydrogen-bond donors (Lipinski definition) is 1. The van der Waals surface area contributed by atoms with Crippen LogP contribution >= 0.6 is 0 Å². The van der Waals surface area contributed by atoms with Gasteiger partial charge in [0.2, 0.25) is 5.95 Å². The van der Waals surface area contributed by atoms with Gasteiger partial charge in [0, 0.05) is 20.0 Å². The number of rotatable bonds is 2. The molecule has 1 fully saturated rings. The minimum absolute atomic E-state index is 0.639. The minimum atomic E-state index is 0.639. The summed E-state index contributed by atoms with van der Waals surface area (Å²) in [6.45, 7) is 0. The van der Waals surface area contributed by atoms with Gasteiger partial charge in [-0.1, -0.05) is 12.8 Å². The third kappa shape index (κ3) is 1.41. The van der Waals surface area contributed by atoms with Gasteiger partial charge in [-0.05, 0) is 12.8 Å². The Labute approximate surface area is 78.4 Å². The third-order valence-electron chi connectivity index (χ3n) is 2.85. The SMILES string of the molecule is CNc1nnc(C2CCCC2)n1C. The molecule has 0 saturated heterocycles. The van der Waals surface area contributed by atoms with E-state index in [9.17, 15) is 0 Å². The van der Waals surface area contributed by atoms with Crippen LogP contribution in [-0.4, -0.2) is 21.8 Å². The van der Waals surface area contributed by atoms with Gasteiger partial charge in [-0.15, -0.1) is 10.2 Å². The maximum Gasteiger partial charge on any atom is 0.224 e. The minimum Gasteiger partial charge on any atom is -0.357 e. The highest BCUT2D eigenvalue weighted by atomic mass is 15.3. The molecule has 1 saturated carbocycles. The topological polar surface area (TPSA) is 42.7 Å². The van der Waals surface area contributed by atoms with E-state index in [-0.39, 0.29) is 0 Å². The van der Waals surface area contributed by atoms with E-state index in [4.69, 9.17) is 0 Å². The second-order valence-corrected chi connectivity index (χ2v) is 3.67. The van der Waals surface area contributed by atoms with Gasteiger partial charge in [0.15, 0.2) is 0 Å². The predicted octanol–water partition coefficient (Wildman–Crippen LogP) is 1.51. The molecule has 0 aliphatic heterocycles. The first-order valence-corrected chi connectivity index (χ1v) is 4.90. The summed E-state index contributed by atoms with van der Waals surface area (Å²) < 4.78 is 2.07. The first-order valence-electron chi connectivity index (χ1n) is 4.90. The van der Waals surface area contributed by atoms with E-state index in [0.717, 1.165) is 11.8 Å². The highest BCUT2D eigenvalue weighted by Gasteiger charge is 2.22. The molecule has 2 rings (SSSR count). The second kappa shape index (κ2) is 3.36. The fraction of sp³-hybridized carbons (Fsp3) is 0.778. The summed E-state index contributed by atoms with van der Waals surface area (Å²) in [7, 11) is 3.90. The van der Waals surface area contributed by atoms with Gasteiger partial charge in [-0.3, -0.25) is 0 Å². The fourth-order valence-electron chi connectivity index (χ4n) is 2.10. The van der Waals surface area contributed by atoms with E-state index in [2.05, 4.69) is 20.1 Å². The summed E-state index contributed by atoms with van der Waals surface area (Å²) in [5.41, 5.74) is 0. The highest BCUT2D eigenvalue weighted by molar-refractivity contribution is 5.25. The van der Waals surface area contributed by atoms with Crippen molar-refractivity contribution in [3.63, 3.8) is 0 Å². The lowest BCUT2D eigenvalue weighted by Gasteiger charge is -2.08. The molecule has 0 amide bonds. The van der Waals surface area contributed by atoms with E-state index in [1.165, 1.54) is 25.7 Å². The van der Waals surface area contributed by atoms with E-state index in [1.807, 2.05) is 14.1 Å². The van der Waals surface area contributed by atoms with Crippen LogP contribution in [0, 0.1) is 0 Å². The van der Waals surface area contributed by atoms with E-state index < -0.39 is 0 Å². The molecule has 72 valence electrons. The average molecular weight is 180 g/mol. The molecule has 1 aromatic rings. The summed E-state index contributed by atoms with van der Waals surface area (Å²) in [6, 6.07) is 0. The van der Waals surface area contributed by atoms with Crippen LogP contribution in [0.25, 0.3) is 0 Å². The Morgan fingerprint density at radius 1 is 1.31 bits per heavy atom. The molecule has 0 unspecified atom stereocenters. The Kier molecular flexibility index (Phi) is 2.20. The van der Waals surface area contributed by atoms with Crippen molar-refractivity contribution in [2.45, 2.75) is 31.6 Å². The molecule has 1 aromatic heterocycles. The zero-order valence-corrected chi connectivity index (χ0v) is 8.25. The lowest BCUT2D eigenvalue weighted by Crippen LogP contribution is -2.05. The predicted molar refractivity (Wildman–Crippen MR) is 51.8 cm³/mol. The normalized spacial score (nSPS) is 18.0. The molecule has 1 aliphatic rings. The van der Waals surface area contributed by atoms with E-state index in [1.54, 1.807) is 0 Å². The zero-order chi connectivity index (χ0) is 9.26.